The van der Waals surface area contributed by atoms with Crippen LogP contribution in [0.2, 0.25) is 0 Å². The van der Waals surface area contributed by atoms with Crippen LogP contribution < -0.4 is 0 Å². The minimum Gasteiger partial charge on any atom is -0.449 e. The van der Waals surface area contributed by atoms with Crippen molar-refractivity contribution in [1.82, 2.24) is 4.90 Å². The average molecular weight is 199 g/mol. The Morgan fingerprint density at radius 3 is 2.50 bits per heavy atom. The zero-order chi connectivity index (χ0) is 10.4. The monoisotopic (exact) mass is 199 g/mol. The summed E-state index contributed by atoms with van der Waals surface area (Å²) < 4.78 is 5.05. The van der Waals surface area contributed by atoms with Gasteiger partial charge in [-0.05, 0) is 19.3 Å². The molecule has 1 rings (SSSR count). The maximum absolute atomic E-state index is 11.5. The van der Waals surface area contributed by atoms with E-state index in [-0.39, 0.29) is 6.09 Å². The van der Waals surface area contributed by atoms with Crippen molar-refractivity contribution < 1.29 is 9.53 Å². The van der Waals surface area contributed by atoms with Crippen LogP contribution in [-0.4, -0.2) is 30.2 Å². The van der Waals surface area contributed by atoms with Crippen molar-refractivity contribution >= 4 is 6.09 Å². The van der Waals surface area contributed by atoms with Crippen molar-refractivity contribution in [2.24, 2.45) is 0 Å². The summed E-state index contributed by atoms with van der Waals surface area (Å²) in [5.74, 6) is 0. The van der Waals surface area contributed by atoms with Crippen molar-refractivity contribution in [3.63, 3.8) is 0 Å². The predicted octanol–water partition coefficient (Wildman–Crippen LogP) is 2.80. The molecule has 14 heavy (non-hydrogen) atoms. The Morgan fingerprint density at radius 1 is 1.36 bits per heavy atom. The Hall–Kier alpha value is -0.730. The lowest BCUT2D eigenvalue weighted by Gasteiger charge is -2.33. The van der Waals surface area contributed by atoms with Crippen LogP contribution in [0.4, 0.5) is 4.79 Å². The molecule has 1 fully saturated rings. The molecule has 1 amide bonds. The Morgan fingerprint density at radius 2 is 2.00 bits per heavy atom. The fraction of sp³-hybridized carbons (Fsp3) is 0.909. The molecular weight excluding hydrogens is 178 g/mol. The van der Waals surface area contributed by atoms with Crippen LogP contribution in [0, 0.1) is 0 Å². The molecule has 0 saturated carbocycles. The molecule has 82 valence electrons. The first-order valence-corrected chi connectivity index (χ1v) is 5.73. The summed E-state index contributed by atoms with van der Waals surface area (Å²) in [6.45, 7) is 5.81. The van der Waals surface area contributed by atoms with Crippen LogP contribution in [0.1, 0.15) is 46.0 Å². The molecule has 0 aromatic heterocycles. The first-order valence-electron chi connectivity index (χ1n) is 5.73. The quantitative estimate of drug-likeness (QED) is 0.681. The van der Waals surface area contributed by atoms with Crippen LogP contribution in [-0.2, 0) is 4.74 Å². The number of nitrogens with zero attached hydrogens (tertiary/aromatic N) is 1. The minimum absolute atomic E-state index is 0.108. The Kier molecular flexibility index (Phi) is 4.77. The van der Waals surface area contributed by atoms with Gasteiger partial charge in [-0.15, -0.1) is 0 Å². The Bertz CT molecular complexity index is 176. The number of cyclic esters (lactones) is 1. The molecule has 3 heteroatoms. The van der Waals surface area contributed by atoms with Gasteiger partial charge < -0.3 is 9.64 Å². The maximum Gasteiger partial charge on any atom is 0.410 e. The Balaban J connectivity index is 2.50. The smallest absolute Gasteiger partial charge is 0.410 e. The number of rotatable bonds is 5. The summed E-state index contributed by atoms with van der Waals surface area (Å²) in [5.41, 5.74) is 0. The van der Waals surface area contributed by atoms with Gasteiger partial charge in [0.1, 0.15) is 0 Å². The first kappa shape index (κ1) is 11.3. The van der Waals surface area contributed by atoms with E-state index < -0.39 is 0 Å². The van der Waals surface area contributed by atoms with E-state index in [0.29, 0.717) is 12.6 Å². The molecule has 0 spiro atoms. The molecule has 1 saturated heterocycles. The molecule has 0 aromatic rings. The van der Waals surface area contributed by atoms with Crippen molar-refractivity contribution in [2.45, 2.75) is 52.0 Å². The van der Waals surface area contributed by atoms with Gasteiger partial charge in [-0.2, -0.15) is 0 Å². The number of amides is 1. The Labute approximate surface area is 86.4 Å². The summed E-state index contributed by atoms with van der Waals surface area (Å²) in [4.78, 5) is 13.4. The normalized spacial score (nSPS) is 17.4. The molecule has 0 bridgehead atoms. The van der Waals surface area contributed by atoms with Crippen LogP contribution in [0.25, 0.3) is 0 Å². The molecule has 0 aromatic carbocycles. The van der Waals surface area contributed by atoms with Crippen molar-refractivity contribution in [2.75, 3.05) is 13.2 Å². The first-order chi connectivity index (χ1) is 6.79. The molecule has 0 N–H and O–H groups in total. The van der Waals surface area contributed by atoms with E-state index in [1.807, 2.05) is 4.90 Å². The lowest BCUT2D eigenvalue weighted by molar-refractivity contribution is 0.0511. The minimum atomic E-state index is -0.108. The lowest BCUT2D eigenvalue weighted by Crippen LogP contribution is -2.44. The second-order valence-corrected chi connectivity index (χ2v) is 3.89. The largest absolute Gasteiger partial charge is 0.449 e. The highest BCUT2D eigenvalue weighted by Gasteiger charge is 2.26. The van der Waals surface area contributed by atoms with Crippen molar-refractivity contribution in [3.8, 4) is 0 Å². The molecule has 1 aliphatic rings. The van der Waals surface area contributed by atoms with E-state index in [4.69, 9.17) is 4.74 Å². The van der Waals surface area contributed by atoms with E-state index >= 15 is 0 Å². The SMILES string of the molecule is CCCC(CCC)N1CCCOC1=O. The predicted molar refractivity (Wildman–Crippen MR) is 56.3 cm³/mol. The van der Waals surface area contributed by atoms with E-state index in [1.165, 1.54) is 0 Å². The van der Waals surface area contributed by atoms with E-state index in [1.54, 1.807) is 0 Å². The van der Waals surface area contributed by atoms with Gasteiger partial charge in [-0.3, -0.25) is 0 Å². The molecule has 1 aliphatic heterocycles. The van der Waals surface area contributed by atoms with E-state index in [0.717, 1.165) is 38.6 Å². The molecule has 0 unspecified atom stereocenters. The molecule has 0 radical (unpaired) electrons. The molecular formula is C11H21NO2. The van der Waals surface area contributed by atoms with E-state index in [9.17, 15) is 4.79 Å². The van der Waals surface area contributed by atoms with E-state index in [2.05, 4.69) is 13.8 Å². The molecule has 0 atom stereocenters. The van der Waals surface area contributed by atoms with Crippen LogP contribution >= 0.6 is 0 Å². The zero-order valence-electron chi connectivity index (χ0n) is 9.29. The average Bonchev–Trinajstić information content (AvgIpc) is 2.18. The third-order valence-corrected chi connectivity index (χ3v) is 2.69. The zero-order valence-corrected chi connectivity index (χ0v) is 9.29. The number of hydrogen-bond acceptors (Lipinski definition) is 2. The fourth-order valence-electron chi connectivity index (χ4n) is 2.02. The lowest BCUT2D eigenvalue weighted by atomic mass is 10.0. The topological polar surface area (TPSA) is 29.5 Å². The number of hydrogen-bond donors (Lipinski definition) is 0. The van der Waals surface area contributed by atoms with Crippen molar-refractivity contribution in [1.29, 1.82) is 0 Å². The highest BCUT2D eigenvalue weighted by Crippen LogP contribution is 2.17. The molecule has 0 aliphatic carbocycles. The molecule has 1 heterocycles. The second-order valence-electron chi connectivity index (χ2n) is 3.89. The van der Waals surface area contributed by atoms with Gasteiger partial charge in [0.05, 0.1) is 6.61 Å². The summed E-state index contributed by atoms with van der Waals surface area (Å²) in [7, 11) is 0. The van der Waals surface area contributed by atoms with Crippen LogP contribution in [0.3, 0.4) is 0 Å². The standard InChI is InChI=1S/C11H21NO2/c1-3-6-10(7-4-2)12-8-5-9-14-11(12)13/h10H,3-9H2,1-2H3. The van der Waals surface area contributed by atoms with Gasteiger partial charge in [0.25, 0.3) is 0 Å². The summed E-state index contributed by atoms with van der Waals surface area (Å²) >= 11 is 0. The number of ether oxygens (including phenoxy) is 1. The van der Waals surface area contributed by atoms with Gasteiger partial charge in [0.15, 0.2) is 0 Å². The fourth-order valence-corrected chi connectivity index (χ4v) is 2.02. The number of carbonyl (C=O) groups is 1. The van der Waals surface area contributed by atoms with Crippen molar-refractivity contribution in [3.05, 3.63) is 0 Å². The maximum atomic E-state index is 11.5. The van der Waals surface area contributed by atoms with Gasteiger partial charge in [0.2, 0.25) is 0 Å². The summed E-state index contributed by atoms with van der Waals surface area (Å²) in [6, 6.07) is 0.401. The third-order valence-electron chi connectivity index (χ3n) is 2.69. The number of carbonyl (C=O) groups excluding carboxylic acids is 1. The highest BCUT2D eigenvalue weighted by molar-refractivity contribution is 5.68. The highest BCUT2D eigenvalue weighted by atomic mass is 16.6. The van der Waals surface area contributed by atoms with Gasteiger partial charge >= 0.3 is 6.09 Å². The molecule has 3 nitrogen and oxygen atoms in total. The van der Waals surface area contributed by atoms with Crippen LogP contribution in [0.15, 0.2) is 0 Å². The third kappa shape index (κ3) is 2.89. The van der Waals surface area contributed by atoms with Gasteiger partial charge in [-0.1, -0.05) is 26.7 Å². The van der Waals surface area contributed by atoms with Gasteiger partial charge in [0, 0.05) is 12.6 Å². The van der Waals surface area contributed by atoms with Gasteiger partial charge in [-0.25, -0.2) is 4.79 Å². The van der Waals surface area contributed by atoms with Crippen LogP contribution in [0.5, 0.6) is 0 Å². The summed E-state index contributed by atoms with van der Waals surface area (Å²) in [6.07, 6.45) is 5.34. The second kappa shape index (κ2) is 5.89. The summed E-state index contributed by atoms with van der Waals surface area (Å²) in [5, 5.41) is 0.